The van der Waals surface area contributed by atoms with Gasteiger partial charge in [-0.2, -0.15) is 4.98 Å². The molecule has 2 N–H and O–H groups in total. The van der Waals surface area contributed by atoms with Crippen LogP contribution in [0.25, 0.3) is 0 Å². The average molecular weight is 281 g/mol. The number of nitrogens with zero attached hydrogens (tertiary/aromatic N) is 2. The van der Waals surface area contributed by atoms with Gasteiger partial charge in [0.05, 0.1) is 5.41 Å². The zero-order chi connectivity index (χ0) is 14.1. The van der Waals surface area contributed by atoms with Crippen molar-refractivity contribution in [3.05, 3.63) is 11.7 Å². The molecule has 1 saturated heterocycles. The van der Waals surface area contributed by atoms with Crippen LogP contribution in [0.3, 0.4) is 0 Å². The molecule has 112 valence electrons. The summed E-state index contributed by atoms with van der Waals surface area (Å²) in [6.07, 6.45) is 5.95. The van der Waals surface area contributed by atoms with Gasteiger partial charge in [-0.15, -0.1) is 0 Å². The Morgan fingerprint density at radius 2 is 1.90 bits per heavy atom. The summed E-state index contributed by atoms with van der Waals surface area (Å²) in [5.41, 5.74) is 5.39. The fraction of sp³-hybridized carbons (Fsp3) is 0.857. The van der Waals surface area contributed by atoms with Crippen LogP contribution in [0.5, 0.6) is 0 Å². The maximum absolute atomic E-state index is 5.97. The lowest BCUT2D eigenvalue weighted by molar-refractivity contribution is -0.101. The Morgan fingerprint density at radius 1 is 1.20 bits per heavy atom. The van der Waals surface area contributed by atoms with Crippen molar-refractivity contribution >= 4 is 0 Å². The third kappa shape index (κ3) is 2.16. The van der Waals surface area contributed by atoms with E-state index in [1.54, 1.807) is 7.11 Å². The van der Waals surface area contributed by atoms with E-state index in [1.807, 2.05) is 0 Å². The molecular formula is C14H23N3O3. The third-order valence-corrected chi connectivity index (χ3v) is 4.93. The van der Waals surface area contributed by atoms with Crippen molar-refractivity contribution in [2.24, 2.45) is 5.73 Å². The number of rotatable bonds is 4. The summed E-state index contributed by atoms with van der Waals surface area (Å²) in [6.45, 7) is 1.90. The quantitative estimate of drug-likeness (QED) is 0.900. The first-order valence-electron chi connectivity index (χ1n) is 7.42. The van der Waals surface area contributed by atoms with Gasteiger partial charge in [0.1, 0.15) is 5.60 Å². The van der Waals surface area contributed by atoms with Gasteiger partial charge in [0, 0.05) is 39.7 Å². The molecule has 6 heteroatoms. The number of hydrogen-bond acceptors (Lipinski definition) is 6. The molecule has 0 unspecified atom stereocenters. The molecule has 0 amide bonds. The van der Waals surface area contributed by atoms with Crippen LogP contribution in [0.1, 0.15) is 50.2 Å². The van der Waals surface area contributed by atoms with Gasteiger partial charge in [-0.3, -0.25) is 0 Å². The monoisotopic (exact) mass is 281 g/mol. The van der Waals surface area contributed by atoms with E-state index in [2.05, 4.69) is 10.1 Å². The van der Waals surface area contributed by atoms with E-state index in [0.717, 1.165) is 25.7 Å². The highest BCUT2D eigenvalue weighted by atomic mass is 16.5. The minimum atomic E-state index is -0.464. The molecule has 6 nitrogen and oxygen atoms in total. The largest absolute Gasteiger partial charge is 0.381 e. The first kappa shape index (κ1) is 14.0. The zero-order valence-corrected chi connectivity index (χ0v) is 12.1. The molecule has 1 aliphatic carbocycles. The molecule has 2 fully saturated rings. The molecule has 2 heterocycles. The predicted molar refractivity (Wildman–Crippen MR) is 72.2 cm³/mol. The molecule has 0 atom stereocenters. The lowest BCUT2D eigenvalue weighted by Gasteiger charge is -2.32. The number of ether oxygens (including phenoxy) is 2. The second-order valence-electron chi connectivity index (χ2n) is 5.93. The van der Waals surface area contributed by atoms with Crippen molar-refractivity contribution in [2.75, 3.05) is 26.9 Å². The highest BCUT2D eigenvalue weighted by Crippen LogP contribution is 2.41. The average Bonchev–Trinajstić information content (AvgIpc) is 3.17. The van der Waals surface area contributed by atoms with Crippen LogP contribution in [0.4, 0.5) is 0 Å². The maximum atomic E-state index is 5.97. The summed E-state index contributed by atoms with van der Waals surface area (Å²) >= 11 is 0. The van der Waals surface area contributed by atoms with E-state index in [9.17, 15) is 0 Å². The number of hydrogen-bond donors (Lipinski definition) is 1. The van der Waals surface area contributed by atoms with Crippen LogP contribution in [0, 0.1) is 0 Å². The second-order valence-corrected chi connectivity index (χ2v) is 5.93. The van der Waals surface area contributed by atoms with E-state index in [4.69, 9.17) is 19.7 Å². The van der Waals surface area contributed by atoms with Crippen molar-refractivity contribution in [1.29, 1.82) is 0 Å². The van der Waals surface area contributed by atoms with Crippen LogP contribution < -0.4 is 5.73 Å². The van der Waals surface area contributed by atoms with Crippen molar-refractivity contribution in [2.45, 2.75) is 49.5 Å². The molecule has 0 radical (unpaired) electrons. The van der Waals surface area contributed by atoms with Gasteiger partial charge in [-0.25, -0.2) is 0 Å². The normalized spacial score (nSPS) is 24.9. The summed E-state index contributed by atoms with van der Waals surface area (Å²) in [5.74, 6) is 1.34. The van der Waals surface area contributed by atoms with Gasteiger partial charge in [0.25, 0.3) is 0 Å². The summed E-state index contributed by atoms with van der Waals surface area (Å²) < 4.78 is 16.7. The Kier molecular flexibility index (Phi) is 3.79. The van der Waals surface area contributed by atoms with Gasteiger partial charge in [-0.1, -0.05) is 18.0 Å². The molecule has 1 aliphatic heterocycles. The molecule has 1 aromatic heterocycles. The van der Waals surface area contributed by atoms with Crippen LogP contribution in [-0.4, -0.2) is 37.0 Å². The summed E-state index contributed by atoms with van der Waals surface area (Å²) in [6, 6.07) is 0. The van der Waals surface area contributed by atoms with Crippen molar-refractivity contribution < 1.29 is 14.0 Å². The maximum Gasteiger partial charge on any atom is 0.234 e. The fourth-order valence-electron chi connectivity index (χ4n) is 3.40. The van der Waals surface area contributed by atoms with E-state index in [-0.39, 0.29) is 5.41 Å². The molecule has 0 bridgehead atoms. The van der Waals surface area contributed by atoms with Crippen LogP contribution in [0.15, 0.2) is 4.52 Å². The minimum absolute atomic E-state index is 0.120. The third-order valence-electron chi connectivity index (χ3n) is 4.93. The van der Waals surface area contributed by atoms with E-state index >= 15 is 0 Å². The Labute approximate surface area is 119 Å². The van der Waals surface area contributed by atoms with Crippen LogP contribution >= 0.6 is 0 Å². The summed E-state index contributed by atoms with van der Waals surface area (Å²) in [7, 11) is 1.70. The van der Waals surface area contributed by atoms with E-state index in [1.165, 1.54) is 12.8 Å². The lowest BCUT2D eigenvalue weighted by Crippen LogP contribution is -2.37. The van der Waals surface area contributed by atoms with E-state index < -0.39 is 5.60 Å². The number of methoxy groups -OCH3 is 1. The van der Waals surface area contributed by atoms with Gasteiger partial charge >= 0.3 is 0 Å². The molecule has 1 aromatic rings. The SMILES string of the molecule is COC1(c2noc(C3(CN)CCCC3)n2)CCOCC1. The summed E-state index contributed by atoms with van der Waals surface area (Å²) in [4.78, 5) is 4.66. The highest BCUT2D eigenvalue weighted by molar-refractivity contribution is 5.12. The van der Waals surface area contributed by atoms with Gasteiger partial charge < -0.3 is 19.7 Å². The molecule has 3 rings (SSSR count). The molecular weight excluding hydrogens is 258 g/mol. The lowest BCUT2D eigenvalue weighted by atomic mass is 9.86. The Hall–Kier alpha value is -0.980. The fourth-order valence-corrected chi connectivity index (χ4v) is 3.40. The molecule has 1 saturated carbocycles. The minimum Gasteiger partial charge on any atom is -0.381 e. The predicted octanol–water partition coefficient (Wildman–Crippen LogP) is 1.49. The molecule has 0 aromatic carbocycles. The van der Waals surface area contributed by atoms with E-state index in [0.29, 0.717) is 31.5 Å². The van der Waals surface area contributed by atoms with Gasteiger partial charge in [-0.05, 0) is 12.8 Å². The van der Waals surface area contributed by atoms with Crippen LogP contribution in [-0.2, 0) is 20.5 Å². The van der Waals surface area contributed by atoms with Gasteiger partial charge in [0.15, 0.2) is 0 Å². The first-order chi connectivity index (χ1) is 9.75. The number of nitrogens with two attached hydrogens (primary N) is 1. The summed E-state index contributed by atoms with van der Waals surface area (Å²) in [5, 5.41) is 4.20. The second kappa shape index (κ2) is 5.42. The molecule has 20 heavy (non-hydrogen) atoms. The van der Waals surface area contributed by atoms with Crippen molar-refractivity contribution in [1.82, 2.24) is 10.1 Å². The Morgan fingerprint density at radius 3 is 2.50 bits per heavy atom. The highest BCUT2D eigenvalue weighted by Gasteiger charge is 2.44. The topological polar surface area (TPSA) is 83.4 Å². The first-order valence-corrected chi connectivity index (χ1v) is 7.42. The van der Waals surface area contributed by atoms with Crippen molar-refractivity contribution in [3.8, 4) is 0 Å². The Bertz CT molecular complexity index is 448. The zero-order valence-electron chi connectivity index (χ0n) is 12.1. The standard InChI is InChI=1S/C14H23N3O3/c1-18-14(6-8-19-9-7-14)11-16-12(20-17-11)13(10-15)4-2-3-5-13/h2-10,15H2,1H3. The Balaban J connectivity index is 1.89. The smallest absolute Gasteiger partial charge is 0.234 e. The molecule has 2 aliphatic rings. The molecule has 0 spiro atoms. The van der Waals surface area contributed by atoms with Crippen molar-refractivity contribution in [3.63, 3.8) is 0 Å². The van der Waals surface area contributed by atoms with Crippen LogP contribution in [0.2, 0.25) is 0 Å². The van der Waals surface area contributed by atoms with Gasteiger partial charge in [0.2, 0.25) is 11.7 Å². The number of aromatic nitrogens is 2.